The molecule has 0 radical (unpaired) electrons. The summed E-state index contributed by atoms with van der Waals surface area (Å²) >= 11 is 0. The number of carbonyl (C=O) groups is 1. The lowest BCUT2D eigenvalue weighted by Crippen LogP contribution is -2.45. The molecule has 0 atom stereocenters. The first kappa shape index (κ1) is 14.5. The molecule has 3 N–H and O–H groups in total. The van der Waals surface area contributed by atoms with Crippen LogP contribution in [0.2, 0.25) is 0 Å². The Bertz CT molecular complexity index is 236. The molecular weight excluding hydrogens is 216 g/mol. The Morgan fingerprint density at radius 2 is 2.06 bits per heavy atom. The van der Waals surface area contributed by atoms with E-state index in [1.807, 2.05) is 7.05 Å². The summed E-state index contributed by atoms with van der Waals surface area (Å²) in [6.45, 7) is 3.29. The molecule has 1 saturated carbocycles. The van der Waals surface area contributed by atoms with Crippen molar-refractivity contribution in [2.75, 3.05) is 20.1 Å². The summed E-state index contributed by atoms with van der Waals surface area (Å²) in [7, 11) is 1.83. The quantitative estimate of drug-likeness (QED) is 0.652. The van der Waals surface area contributed by atoms with Crippen LogP contribution in [0.5, 0.6) is 0 Å². The van der Waals surface area contributed by atoms with Crippen LogP contribution >= 0.6 is 0 Å². The zero-order chi connectivity index (χ0) is 12.7. The lowest BCUT2D eigenvalue weighted by atomic mass is 9.78. The second-order valence-electron chi connectivity index (χ2n) is 5.21. The molecule has 0 aromatic rings. The summed E-state index contributed by atoms with van der Waals surface area (Å²) in [4.78, 5) is 11.4. The summed E-state index contributed by atoms with van der Waals surface area (Å²) in [6, 6.07) is 0. The van der Waals surface area contributed by atoms with E-state index in [1.165, 1.54) is 6.42 Å². The lowest BCUT2D eigenvalue weighted by molar-refractivity contribution is -0.122. The molecule has 17 heavy (non-hydrogen) atoms. The van der Waals surface area contributed by atoms with Crippen molar-refractivity contribution in [3.63, 3.8) is 0 Å². The number of hydrogen-bond acceptors (Lipinski definition) is 3. The van der Waals surface area contributed by atoms with Crippen LogP contribution < -0.4 is 10.6 Å². The molecule has 0 aliphatic heterocycles. The lowest BCUT2D eigenvalue weighted by Gasteiger charge is -2.35. The molecule has 0 bridgehead atoms. The fraction of sp³-hybridized carbons (Fsp3) is 0.923. The van der Waals surface area contributed by atoms with E-state index in [0.717, 1.165) is 31.6 Å². The van der Waals surface area contributed by atoms with Crippen LogP contribution in [-0.4, -0.2) is 36.8 Å². The van der Waals surface area contributed by atoms with Crippen LogP contribution in [0.1, 0.15) is 45.4 Å². The molecular formula is C13H26N2O2. The normalized spacial score (nSPS) is 29.0. The smallest absolute Gasteiger partial charge is 0.221 e. The van der Waals surface area contributed by atoms with E-state index in [0.29, 0.717) is 19.5 Å². The molecule has 1 aliphatic rings. The van der Waals surface area contributed by atoms with E-state index < -0.39 is 5.60 Å². The van der Waals surface area contributed by atoms with Gasteiger partial charge in [-0.2, -0.15) is 0 Å². The van der Waals surface area contributed by atoms with Gasteiger partial charge in [-0.1, -0.05) is 13.3 Å². The van der Waals surface area contributed by atoms with Gasteiger partial charge in [0.1, 0.15) is 0 Å². The van der Waals surface area contributed by atoms with Crippen molar-refractivity contribution >= 4 is 5.91 Å². The van der Waals surface area contributed by atoms with E-state index in [-0.39, 0.29) is 5.91 Å². The van der Waals surface area contributed by atoms with Crippen LogP contribution in [0.4, 0.5) is 0 Å². The number of hydrogen-bond donors (Lipinski definition) is 3. The van der Waals surface area contributed by atoms with E-state index in [9.17, 15) is 9.90 Å². The Morgan fingerprint density at radius 1 is 1.41 bits per heavy atom. The first-order valence-corrected chi connectivity index (χ1v) is 6.73. The highest BCUT2D eigenvalue weighted by molar-refractivity contribution is 5.76. The van der Waals surface area contributed by atoms with Crippen LogP contribution in [0.3, 0.4) is 0 Å². The Labute approximate surface area is 104 Å². The van der Waals surface area contributed by atoms with Crippen molar-refractivity contribution < 1.29 is 9.90 Å². The van der Waals surface area contributed by atoms with Crippen molar-refractivity contribution in [3.05, 3.63) is 0 Å². The number of rotatable bonds is 6. The molecule has 1 rings (SSSR count). The van der Waals surface area contributed by atoms with Gasteiger partial charge in [-0.25, -0.2) is 0 Å². The maximum atomic E-state index is 11.4. The summed E-state index contributed by atoms with van der Waals surface area (Å²) in [6.07, 6.45) is 5.48. The zero-order valence-corrected chi connectivity index (χ0v) is 11.1. The molecule has 100 valence electrons. The molecule has 1 amide bonds. The third-order valence-corrected chi connectivity index (χ3v) is 3.83. The average molecular weight is 242 g/mol. The predicted octanol–water partition coefficient (Wildman–Crippen LogP) is 1.04. The van der Waals surface area contributed by atoms with Gasteiger partial charge in [0, 0.05) is 19.5 Å². The van der Waals surface area contributed by atoms with E-state index >= 15 is 0 Å². The molecule has 0 aromatic heterocycles. The van der Waals surface area contributed by atoms with Crippen LogP contribution in [0.15, 0.2) is 0 Å². The van der Waals surface area contributed by atoms with Gasteiger partial charge in [0.25, 0.3) is 0 Å². The molecule has 0 aromatic carbocycles. The van der Waals surface area contributed by atoms with Gasteiger partial charge in [-0.15, -0.1) is 0 Å². The topological polar surface area (TPSA) is 61.4 Å². The largest absolute Gasteiger partial charge is 0.388 e. The van der Waals surface area contributed by atoms with Gasteiger partial charge in [0.05, 0.1) is 5.60 Å². The third-order valence-electron chi connectivity index (χ3n) is 3.83. The molecule has 4 heteroatoms. The average Bonchev–Trinajstić information content (AvgIpc) is 2.35. The fourth-order valence-corrected chi connectivity index (χ4v) is 2.39. The number of nitrogens with one attached hydrogen (secondary N) is 2. The predicted molar refractivity (Wildman–Crippen MR) is 68.8 cm³/mol. The molecule has 1 aliphatic carbocycles. The highest BCUT2D eigenvalue weighted by Gasteiger charge is 2.32. The zero-order valence-electron chi connectivity index (χ0n) is 11.1. The van der Waals surface area contributed by atoms with E-state index in [4.69, 9.17) is 0 Å². The fourth-order valence-electron chi connectivity index (χ4n) is 2.39. The summed E-state index contributed by atoms with van der Waals surface area (Å²) < 4.78 is 0. The SMILES string of the molecule is CCC1CCC(O)(CNC(=O)CCNC)CC1. The summed E-state index contributed by atoms with van der Waals surface area (Å²) in [5, 5.41) is 16.1. The summed E-state index contributed by atoms with van der Waals surface area (Å²) in [5.74, 6) is 0.778. The Balaban J connectivity index is 2.24. The minimum absolute atomic E-state index is 0.0189. The summed E-state index contributed by atoms with van der Waals surface area (Å²) in [5.41, 5.74) is -0.666. The highest BCUT2D eigenvalue weighted by atomic mass is 16.3. The van der Waals surface area contributed by atoms with Crippen molar-refractivity contribution in [2.24, 2.45) is 5.92 Å². The monoisotopic (exact) mass is 242 g/mol. The van der Waals surface area contributed by atoms with Crippen LogP contribution in [0.25, 0.3) is 0 Å². The molecule has 0 spiro atoms. The Kier molecular flexibility index (Phi) is 5.92. The minimum atomic E-state index is -0.666. The highest BCUT2D eigenvalue weighted by Crippen LogP contribution is 2.33. The van der Waals surface area contributed by atoms with Crippen molar-refractivity contribution in [3.8, 4) is 0 Å². The van der Waals surface area contributed by atoms with Gasteiger partial charge in [0.15, 0.2) is 0 Å². The first-order chi connectivity index (χ1) is 8.09. The first-order valence-electron chi connectivity index (χ1n) is 6.73. The number of amides is 1. The number of aliphatic hydroxyl groups is 1. The number of carbonyl (C=O) groups excluding carboxylic acids is 1. The van der Waals surface area contributed by atoms with Gasteiger partial charge < -0.3 is 15.7 Å². The van der Waals surface area contributed by atoms with Crippen molar-refractivity contribution in [1.82, 2.24) is 10.6 Å². The van der Waals surface area contributed by atoms with Gasteiger partial charge in [-0.05, 0) is 38.6 Å². The van der Waals surface area contributed by atoms with Crippen molar-refractivity contribution in [1.29, 1.82) is 0 Å². The Hall–Kier alpha value is -0.610. The second-order valence-corrected chi connectivity index (χ2v) is 5.21. The van der Waals surface area contributed by atoms with Gasteiger partial charge >= 0.3 is 0 Å². The third kappa shape index (κ3) is 5.04. The van der Waals surface area contributed by atoms with Crippen LogP contribution in [-0.2, 0) is 4.79 Å². The molecule has 4 nitrogen and oxygen atoms in total. The second kappa shape index (κ2) is 6.97. The van der Waals surface area contributed by atoms with Gasteiger partial charge in [0.2, 0.25) is 5.91 Å². The molecule has 0 heterocycles. The van der Waals surface area contributed by atoms with E-state index in [1.54, 1.807) is 0 Å². The molecule has 0 saturated heterocycles. The maximum absolute atomic E-state index is 11.4. The van der Waals surface area contributed by atoms with Gasteiger partial charge in [-0.3, -0.25) is 4.79 Å². The Morgan fingerprint density at radius 3 is 2.59 bits per heavy atom. The molecule has 1 fully saturated rings. The standard InChI is InChI=1S/C13H26N2O2/c1-3-11-4-7-13(17,8-5-11)10-15-12(16)6-9-14-2/h11,14,17H,3-10H2,1-2H3,(H,15,16). The van der Waals surface area contributed by atoms with E-state index in [2.05, 4.69) is 17.6 Å². The maximum Gasteiger partial charge on any atom is 0.221 e. The minimum Gasteiger partial charge on any atom is -0.388 e. The van der Waals surface area contributed by atoms with Crippen molar-refractivity contribution in [2.45, 2.75) is 51.0 Å². The van der Waals surface area contributed by atoms with Crippen LogP contribution in [0, 0.1) is 5.92 Å². The molecule has 0 unspecified atom stereocenters.